The van der Waals surface area contributed by atoms with Gasteiger partial charge in [0.2, 0.25) is 0 Å². The summed E-state index contributed by atoms with van der Waals surface area (Å²) in [4.78, 5) is 17.9. The summed E-state index contributed by atoms with van der Waals surface area (Å²) in [7, 11) is 3.11. The third-order valence-corrected chi connectivity index (χ3v) is 6.18. The summed E-state index contributed by atoms with van der Waals surface area (Å²) in [5.74, 6) is 2.90. The number of carbonyl (C=O) groups is 1. The van der Waals surface area contributed by atoms with E-state index in [1.165, 1.54) is 5.56 Å². The van der Waals surface area contributed by atoms with Crippen molar-refractivity contribution in [2.45, 2.75) is 39.3 Å². The fourth-order valence-electron chi connectivity index (χ4n) is 4.32. The average molecular weight is 488 g/mol. The summed E-state index contributed by atoms with van der Waals surface area (Å²) >= 11 is 0. The summed E-state index contributed by atoms with van der Waals surface area (Å²) in [6, 6.07) is 20.9. The van der Waals surface area contributed by atoms with E-state index in [-0.39, 0.29) is 11.9 Å². The number of rotatable bonds is 10. The molecule has 1 N–H and O–H groups in total. The summed E-state index contributed by atoms with van der Waals surface area (Å²) in [5, 5.41) is 3.08. The molecule has 4 aromatic rings. The molecule has 4 rings (SSSR count). The Hall–Kier alpha value is -4.00. The molecule has 0 aliphatic carbocycles. The van der Waals surface area contributed by atoms with Gasteiger partial charge in [-0.3, -0.25) is 4.79 Å². The van der Waals surface area contributed by atoms with Crippen LogP contribution in [0.4, 0.5) is 0 Å². The second-order valence-electron chi connectivity index (χ2n) is 8.92. The van der Waals surface area contributed by atoms with Crippen LogP contribution in [0.1, 0.15) is 54.5 Å². The van der Waals surface area contributed by atoms with Crippen LogP contribution in [0.25, 0.3) is 11.0 Å². The van der Waals surface area contributed by atoms with Crippen molar-refractivity contribution in [3.8, 4) is 17.2 Å². The van der Waals surface area contributed by atoms with E-state index in [1.54, 1.807) is 32.4 Å². The van der Waals surface area contributed by atoms with Gasteiger partial charge in [-0.05, 0) is 54.8 Å². The number of carbonyl (C=O) groups excluding carboxylic acids is 1. The molecule has 1 heterocycles. The monoisotopic (exact) mass is 487 g/mol. The number of para-hydroxylation sites is 3. The molecule has 1 amide bonds. The van der Waals surface area contributed by atoms with Crippen molar-refractivity contribution in [1.82, 2.24) is 14.9 Å². The molecule has 188 valence electrons. The number of imidazole rings is 1. The maximum Gasteiger partial charge on any atom is 0.251 e. The zero-order valence-corrected chi connectivity index (χ0v) is 21.4. The minimum atomic E-state index is -0.332. The molecule has 0 aliphatic heterocycles. The molecule has 0 radical (unpaired) electrons. The van der Waals surface area contributed by atoms with Crippen molar-refractivity contribution >= 4 is 16.9 Å². The van der Waals surface area contributed by atoms with Crippen LogP contribution in [0.5, 0.6) is 17.2 Å². The fraction of sp³-hybridized carbons (Fsp3) is 0.310. The maximum absolute atomic E-state index is 13.1. The molecule has 7 heteroatoms. The highest BCUT2D eigenvalue weighted by atomic mass is 16.5. The van der Waals surface area contributed by atoms with Gasteiger partial charge >= 0.3 is 0 Å². The Morgan fingerprint density at radius 3 is 2.39 bits per heavy atom. The van der Waals surface area contributed by atoms with Gasteiger partial charge in [-0.15, -0.1) is 0 Å². The van der Waals surface area contributed by atoms with Crippen LogP contribution in [-0.4, -0.2) is 36.3 Å². The number of aromatic nitrogens is 2. The quantitative estimate of drug-likeness (QED) is 0.308. The molecule has 3 aromatic carbocycles. The third kappa shape index (κ3) is 5.30. The molecule has 1 unspecified atom stereocenters. The highest BCUT2D eigenvalue weighted by Gasteiger charge is 2.20. The lowest BCUT2D eigenvalue weighted by Gasteiger charge is -2.18. The van der Waals surface area contributed by atoms with Gasteiger partial charge in [-0.25, -0.2) is 4.98 Å². The van der Waals surface area contributed by atoms with Crippen LogP contribution >= 0.6 is 0 Å². The predicted octanol–water partition coefficient (Wildman–Crippen LogP) is 5.75. The first-order valence-corrected chi connectivity index (χ1v) is 12.1. The summed E-state index contributed by atoms with van der Waals surface area (Å²) in [6.07, 6.45) is 0. The van der Waals surface area contributed by atoms with E-state index in [1.807, 2.05) is 49.4 Å². The molecular formula is C29H33N3O4. The van der Waals surface area contributed by atoms with Crippen LogP contribution in [-0.2, 0) is 6.54 Å². The number of hydrogen-bond donors (Lipinski definition) is 1. The Balaban J connectivity index is 1.54. The zero-order valence-electron chi connectivity index (χ0n) is 21.4. The topological polar surface area (TPSA) is 74.6 Å². The number of fused-ring (bicyclic) bond motifs is 1. The Labute approximate surface area is 212 Å². The summed E-state index contributed by atoms with van der Waals surface area (Å²) < 4.78 is 18.9. The number of hydrogen-bond acceptors (Lipinski definition) is 5. The minimum absolute atomic E-state index is 0.218. The lowest BCUT2D eigenvalue weighted by Crippen LogP contribution is -2.29. The molecule has 0 saturated heterocycles. The van der Waals surface area contributed by atoms with Gasteiger partial charge in [0.1, 0.15) is 18.2 Å². The van der Waals surface area contributed by atoms with E-state index >= 15 is 0 Å². The molecule has 0 bridgehead atoms. The van der Waals surface area contributed by atoms with Gasteiger partial charge in [0.15, 0.2) is 11.5 Å². The first-order chi connectivity index (χ1) is 17.4. The van der Waals surface area contributed by atoms with E-state index in [2.05, 4.69) is 29.8 Å². The molecule has 36 heavy (non-hydrogen) atoms. The number of nitrogens with one attached hydrogen (secondary N) is 1. The molecule has 1 atom stereocenters. The molecule has 0 fully saturated rings. The second-order valence-corrected chi connectivity index (χ2v) is 8.92. The van der Waals surface area contributed by atoms with E-state index < -0.39 is 0 Å². The lowest BCUT2D eigenvalue weighted by molar-refractivity contribution is 0.0937. The van der Waals surface area contributed by atoms with Gasteiger partial charge in [0.25, 0.3) is 5.91 Å². The zero-order chi connectivity index (χ0) is 25.7. The van der Waals surface area contributed by atoms with Crippen LogP contribution in [0, 0.1) is 0 Å². The minimum Gasteiger partial charge on any atom is -0.493 e. The van der Waals surface area contributed by atoms with Crippen molar-refractivity contribution in [1.29, 1.82) is 0 Å². The average Bonchev–Trinajstić information content (AvgIpc) is 3.27. The lowest BCUT2D eigenvalue weighted by atomic mass is 10.0. The first kappa shape index (κ1) is 25.1. The third-order valence-electron chi connectivity index (χ3n) is 6.18. The SMILES string of the molecule is COc1ccc(C(=O)NC(C)c2nc3ccccc3n2CCOc2ccccc2C(C)C)cc1OC. The first-order valence-electron chi connectivity index (χ1n) is 12.1. The van der Waals surface area contributed by atoms with E-state index in [0.29, 0.717) is 36.1 Å². The smallest absolute Gasteiger partial charge is 0.251 e. The van der Waals surface area contributed by atoms with Gasteiger partial charge < -0.3 is 24.1 Å². The number of methoxy groups -OCH3 is 2. The highest BCUT2D eigenvalue weighted by molar-refractivity contribution is 5.95. The van der Waals surface area contributed by atoms with Gasteiger partial charge in [-0.2, -0.15) is 0 Å². The maximum atomic E-state index is 13.1. The van der Waals surface area contributed by atoms with Crippen molar-refractivity contribution in [2.24, 2.45) is 0 Å². The molecule has 0 spiro atoms. The van der Waals surface area contributed by atoms with Crippen LogP contribution < -0.4 is 19.5 Å². The molecule has 7 nitrogen and oxygen atoms in total. The van der Waals surface area contributed by atoms with E-state index in [9.17, 15) is 4.79 Å². The van der Waals surface area contributed by atoms with Crippen molar-refractivity contribution in [2.75, 3.05) is 20.8 Å². The Kier molecular flexibility index (Phi) is 7.78. The van der Waals surface area contributed by atoms with Gasteiger partial charge in [0, 0.05) is 5.56 Å². The highest BCUT2D eigenvalue weighted by Crippen LogP contribution is 2.29. The summed E-state index contributed by atoms with van der Waals surface area (Å²) in [6.45, 7) is 7.33. The van der Waals surface area contributed by atoms with Gasteiger partial charge in [0.05, 0.1) is 37.8 Å². The largest absolute Gasteiger partial charge is 0.493 e. The number of ether oxygens (including phenoxy) is 3. The van der Waals surface area contributed by atoms with Crippen molar-refractivity contribution in [3.63, 3.8) is 0 Å². The normalized spacial score (nSPS) is 11.9. The molecule has 1 aromatic heterocycles. The fourth-order valence-corrected chi connectivity index (χ4v) is 4.32. The molecular weight excluding hydrogens is 454 g/mol. The van der Waals surface area contributed by atoms with Crippen LogP contribution in [0.3, 0.4) is 0 Å². The number of amides is 1. The molecule has 0 saturated carbocycles. The summed E-state index contributed by atoms with van der Waals surface area (Å²) in [5.41, 5.74) is 3.54. The standard InChI is InChI=1S/C29H33N3O4/c1-19(2)22-10-6-9-13-25(22)36-17-16-32-24-12-8-7-11-23(24)31-28(32)20(3)30-29(33)21-14-15-26(34-4)27(18-21)35-5/h6-15,18-20H,16-17H2,1-5H3,(H,30,33). The number of nitrogens with zero attached hydrogens (tertiary/aromatic N) is 2. The number of benzene rings is 3. The molecule has 0 aliphatic rings. The van der Waals surface area contributed by atoms with Crippen LogP contribution in [0.2, 0.25) is 0 Å². The Morgan fingerprint density at radius 2 is 1.64 bits per heavy atom. The van der Waals surface area contributed by atoms with Gasteiger partial charge in [-0.1, -0.05) is 44.2 Å². The van der Waals surface area contributed by atoms with Crippen LogP contribution in [0.15, 0.2) is 66.7 Å². The van der Waals surface area contributed by atoms with Crippen molar-refractivity contribution < 1.29 is 19.0 Å². The van der Waals surface area contributed by atoms with E-state index in [4.69, 9.17) is 19.2 Å². The Bertz CT molecular complexity index is 1350. The second kappa shape index (κ2) is 11.2. The van der Waals surface area contributed by atoms with E-state index in [0.717, 1.165) is 22.6 Å². The predicted molar refractivity (Wildman–Crippen MR) is 141 cm³/mol. The van der Waals surface area contributed by atoms with Crippen molar-refractivity contribution in [3.05, 3.63) is 83.7 Å². The Morgan fingerprint density at radius 1 is 0.917 bits per heavy atom.